The number of hydrogen-bond donors (Lipinski definition) is 0. The number of aromatic nitrogens is 3. The van der Waals surface area contributed by atoms with Crippen LogP contribution in [0, 0.1) is 5.82 Å². The van der Waals surface area contributed by atoms with Gasteiger partial charge in [0.2, 0.25) is 12.0 Å². The number of carbonyl (C=O) groups is 1. The Morgan fingerprint density at radius 1 is 1.00 bits per heavy atom. The molecule has 5 aromatic rings. The van der Waals surface area contributed by atoms with Crippen molar-refractivity contribution >= 4 is 34.0 Å². The molecule has 6 rings (SSSR count). The molecular formula is C29H23FN4O4. The molecule has 0 amide bonds. The normalized spacial score (nSPS) is 15.1. The predicted molar refractivity (Wildman–Crippen MR) is 140 cm³/mol. The molecule has 0 fully saturated rings. The predicted octanol–water partition coefficient (Wildman–Crippen LogP) is 5.44. The van der Waals surface area contributed by atoms with Gasteiger partial charge in [0, 0.05) is 24.8 Å². The number of carbonyl (C=O) groups excluding carboxylic acids is 1. The standard InChI is InChI=1S/C29H23FN4O4/c30-19-10-12-20(13-11-19)34-27(8-2-1-5-15-35)31-24-16-18(9-14-21(24)29(34)36)23-17-26(38-33-23)28-32-22-6-3-4-7-25(22)37-28/h3-4,6-7,9-16,26H,1-2,5,8,17H2. The van der Waals surface area contributed by atoms with E-state index in [2.05, 4.69) is 10.1 Å². The quantitative estimate of drug-likeness (QED) is 0.204. The van der Waals surface area contributed by atoms with E-state index in [1.807, 2.05) is 36.4 Å². The first-order valence-corrected chi connectivity index (χ1v) is 12.4. The van der Waals surface area contributed by atoms with E-state index in [0.717, 1.165) is 17.4 Å². The number of rotatable bonds is 8. The minimum atomic E-state index is -0.444. The van der Waals surface area contributed by atoms with Gasteiger partial charge in [0.1, 0.15) is 23.4 Å². The third kappa shape index (κ3) is 4.47. The Labute approximate surface area is 216 Å². The number of para-hydroxylation sites is 2. The number of aldehydes is 1. The van der Waals surface area contributed by atoms with Gasteiger partial charge < -0.3 is 14.0 Å². The Bertz CT molecular complexity index is 1710. The molecule has 3 heterocycles. The molecule has 0 saturated heterocycles. The zero-order valence-corrected chi connectivity index (χ0v) is 20.3. The zero-order valence-electron chi connectivity index (χ0n) is 20.3. The van der Waals surface area contributed by atoms with E-state index >= 15 is 0 Å². The van der Waals surface area contributed by atoms with Gasteiger partial charge in [0.05, 0.1) is 22.3 Å². The van der Waals surface area contributed by atoms with Crippen molar-refractivity contribution in [2.24, 2.45) is 5.16 Å². The highest BCUT2D eigenvalue weighted by atomic mass is 19.1. The fourth-order valence-electron chi connectivity index (χ4n) is 4.65. The number of fused-ring (bicyclic) bond motifs is 2. The third-order valence-electron chi connectivity index (χ3n) is 6.58. The summed E-state index contributed by atoms with van der Waals surface area (Å²) in [5, 5.41) is 4.70. The summed E-state index contributed by atoms with van der Waals surface area (Å²) < 4.78 is 20.9. The molecule has 1 aliphatic rings. The molecule has 0 radical (unpaired) electrons. The van der Waals surface area contributed by atoms with E-state index in [1.165, 1.54) is 16.7 Å². The zero-order chi connectivity index (χ0) is 26.1. The Morgan fingerprint density at radius 3 is 2.66 bits per heavy atom. The molecule has 0 spiro atoms. The van der Waals surface area contributed by atoms with Gasteiger partial charge in [-0.1, -0.05) is 23.4 Å². The van der Waals surface area contributed by atoms with Crippen LogP contribution in [0.1, 0.15) is 49.1 Å². The monoisotopic (exact) mass is 510 g/mol. The van der Waals surface area contributed by atoms with E-state index in [4.69, 9.17) is 14.2 Å². The Kier molecular flexibility index (Phi) is 6.25. The van der Waals surface area contributed by atoms with Crippen molar-refractivity contribution in [1.82, 2.24) is 14.5 Å². The van der Waals surface area contributed by atoms with Crippen LogP contribution >= 0.6 is 0 Å². The number of oxime groups is 1. The average molecular weight is 511 g/mol. The first-order valence-electron chi connectivity index (χ1n) is 12.4. The van der Waals surface area contributed by atoms with Crippen LogP contribution in [0.2, 0.25) is 0 Å². The molecule has 1 aliphatic heterocycles. The Balaban J connectivity index is 1.33. The SMILES string of the molecule is O=CCCCCc1nc2cc(C3=NOC(c4nc5ccccc5o4)C3)ccc2c(=O)n1-c1ccc(F)cc1. The third-order valence-corrected chi connectivity index (χ3v) is 6.58. The Morgan fingerprint density at radius 2 is 1.84 bits per heavy atom. The summed E-state index contributed by atoms with van der Waals surface area (Å²) in [6.45, 7) is 0. The molecule has 0 saturated carbocycles. The molecular weight excluding hydrogens is 487 g/mol. The first-order chi connectivity index (χ1) is 18.6. The molecule has 9 heteroatoms. The molecule has 0 bridgehead atoms. The highest BCUT2D eigenvalue weighted by molar-refractivity contribution is 6.03. The molecule has 8 nitrogen and oxygen atoms in total. The van der Waals surface area contributed by atoms with Gasteiger partial charge in [-0.05, 0) is 61.4 Å². The number of halogens is 1. The fraction of sp³-hybridized carbons (Fsp3) is 0.207. The number of hydrogen-bond acceptors (Lipinski definition) is 7. The summed E-state index contributed by atoms with van der Waals surface area (Å²) in [6.07, 6.45) is 3.21. The summed E-state index contributed by atoms with van der Waals surface area (Å²) in [4.78, 5) is 39.3. The van der Waals surface area contributed by atoms with Crippen molar-refractivity contribution in [1.29, 1.82) is 0 Å². The second-order valence-corrected chi connectivity index (χ2v) is 9.15. The number of oxazole rings is 1. The van der Waals surface area contributed by atoms with Crippen molar-refractivity contribution in [3.8, 4) is 5.69 Å². The minimum absolute atomic E-state index is 0.243. The van der Waals surface area contributed by atoms with Crippen LogP contribution in [0.15, 0.2) is 81.1 Å². The lowest BCUT2D eigenvalue weighted by Crippen LogP contribution is -2.24. The van der Waals surface area contributed by atoms with E-state index in [0.29, 0.717) is 71.7 Å². The maximum atomic E-state index is 13.6. The van der Waals surface area contributed by atoms with Gasteiger partial charge in [0.15, 0.2) is 5.58 Å². The molecule has 38 heavy (non-hydrogen) atoms. The van der Waals surface area contributed by atoms with Crippen LogP contribution in [0.4, 0.5) is 4.39 Å². The van der Waals surface area contributed by atoms with E-state index in [-0.39, 0.29) is 11.4 Å². The lowest BCUT2D eigenvalue weighted by molar-refractivity contribution is -0.107. The highest BCUT2D eigenvalue weighted by Crippen LogP contribution is 2.31. The van der Waals surface area contributed by atoms with Crippen LogP contribution in [0.3, 0.4) is 0 Å². The molecule has 1 unspecified atom stereocenters. The topological polar surface area (TPSA) is 99.6 Å². The van der Waals surface area contributed by atoms with Crippen LogP contribution in [-0.2, 0) is 16.1 Å². The number of nitrogens with zero attached hydrogens (tertiary/aromatic N) is 4. The smallest absolute Gasteiger partial charge is 0.265 e. The molecule has 1 atom stereocenters. The van der Waals surface area contributed by atoms with Gasteiger partial charge in [-0.25, -0.2) is 14.4 Å². The minimum Gasteiger partial charge on any atom is -0.437 e. The number of benzene rings is 3. The lowest BCUT2D eigenvalue weighted by atomic mass is 10.0. The first kappa shape index (κ1) is 23.7. The van der Waals surface area contributed by atoms with Crippen molar-refractivity contribution in [2.75, 3.05) is 0 Å². The summed E-state index contributed by atoms with van der Waals surface area (Å²) in [6, 6.07) is 18.6. The van der Waals surface area contributed by atoms with Crippen molar-refractivity contribution in [3.63, 3.8) is 0 Å². The molecule has 2 aromatic heterocycles. The van der Waals surface area contributed by atoms with Crippen LogP contribution in [0.5, 0.6) is 0 Å². The second-order valence-electron chi connectivity index (χ2n) is 9.15. The molecule has 3 aromatic carbocycles. The van der Waals surface area contributed by atoms with Gasteiger partial charge in [-0.3, -0.25) is 9.36 Å². The summed E-state index contributed by atoms with van der Waals surface area (Å²) >= 11 is 0. The fourth-order valence-corrected chi connectivity index (χ4v) is 4.65. The average Bonchev–Trinajstić information content (AvgIpc) is 3.59. The summed E-state index contributed by atoms with van der Waals surface area (Å²) in [5.74, 6) is 0.623. The van der Waals surface area contributed by atoms with Gasteiger partial charge in [-0.2, -0.15) is 0 Å². The van der Waals surface area contributed by atoms with Crippen molar-refractivity contribution in [3.05, 3.63) is 100 Å². The van der Waals surface area contributed by atoms with E-state index in [9.17, 15) is 14.0 Å². The Hall–Kier alpha value is -4.66. The van der Waals surface area contributed by atoms with Gasteiger partial charge >= 0.3 is 0 Å². The maximum absolute atomic E-state index is 13.6. The van der Waals surface area contributed by atoms with Gasteiger partial charge in [0.25, 0.3) is 5.56 Å². The lowest BCUT2D eigenvalue weighted by Gasteiger charge is -2.14. The van der Waals surface area contributed by atoms with E-state index in [1.54, 1.807) is 18.2 Å². The number of unbranched alkanes of at least 4 members (excludes halogenated alkanes) is 2. The maximum Gasteiger partial charge on any atom is 0.265 e. The number of aryl methyl sites for hydroxylation is 1. The van der Waals surface area contributed by atoms with Crippen LogP contribution in [0.25, 0.3) is 27.7 Å². The summed E-state index contributed by atoms with van der Waals surface area (Å²) in [7, 11) is 0. The van der Waals surface area contributed by atoms with Crippen LogP contribution in [-0.4, -0.2) is 26.5 Å². The molecule has 0 aliphatic carbocycles. The molecule has 190 valence electrons. The van der Waals surface area contributed by atoms with Crippen molar-refractivity contribution < 1.29 is 18.4 Å². The van der Waals surface area contributed by atoms with E-state index < -0.39 is 6.10 Å². The van der Waals surface area contributed by atoms with Crippen LogP contribution < -0.4 is 5.56 Å². The highest BCUT2D eigenvalue weighted by Gasteiger charge is 2.29. The van der Waals surface area contributed by atoms with Crippen molar-refractivity contribution in [2.45, 2.75) is 38.2 Å². The second kappa shape index (κ2) is 10.0. The largest absolute Gasteiger partial charge is 0.437 e. The molecule has 0 N–H and O–H groups in total. The van der Waals surface area contributed by atoms with Gasteiger partial charge in [-0.15, -0.1) is 0 Å². The summed E-state index contributed by atoms with van der Waals surface area (Å²) in [5.41, 5.74) is 3.76.